The number of halogens is 2. The van der Waals surface area contributed by atoms with Crippen LogP contribution in [0.5, 0.6) is 0 Å². The molecule has 0 N–H and O–H groups in total. The van der Waals surface area contributed by atoms with Crippen LogP contribution in [-0.4, -0.2) is 22.6 Å². The number of esters is 1. The number of rotatable bonds is 2. The molecule has 0 saturated heterocycles. The molecule has 0 spiro atoms. The normalized spacial score (nSPS) is 10.3. The van der Waals surface area contributed by atoms with Crippen molar-refractivity contribution < 1.29 is 9.53 Å². The van der Waals surface area contributed by atoms with Crippen LogP contribution < -0.4 is 0 Å². The molecule has 0 aliphatic rings. The average Bonchev–Trinajstić information content (AvgIpc) is 2.68. The number of nitrogens with zero attached hydrogens (tertiary/aromatic N) is 2. The maximum absolute atomic E-state index is 11.4. The van der Waals surface area contributed by atoms with Crippen LogP contribution in [0.2, 0.25) is 0 Å². The van der Waals surface area contributed by atoms with Gasteiger partial charge in [-0.05, 0) is 50.1 Å². The fourth-order valence-electron chi connectivity index (χ4n) is 1.43. The molecular weight excluding hydrogens is 352 g/mol. The lowest BCUT2D eigenvalue weighted by Crippen LogP contribution is -2.03. The number of carbonyl (C=O) groups is 1. The molecule has 1 aromatic carbocycles. The largest absolute Gasteiger partial charge is 0.465 e. The van der Waals surface area contributed by atoms with Crippen LogP contribution >= 0.6 is 31.9 Å². The maximum atomic E-state index is 11.4. The lowest BCUT2D eigenvalue weighted by molar-refractivity contribution is 0.0600. The Balaban J connectivity index is 2.50. The molecule has 0 atom stereocenters. The van der Waals surface area contributed by atoms with Gasteiger partial charge in [0.15, 0.2) is 4.73 Å². The summed E-state index contributed by atoms with van der Waals surface area (Å²) in [5, 5.41) is 0. The fourth-order valence-corrected chi connectivity index (χ4v) is 2.64. The molecule has 2 rings (SSSR count). The number of aromatic nitrogens is 2. The topological polar surface area (TPSA) is 44.1 Å². The van der Waals surface area contributed by atoms with E-state index in [0.717, 1.165) is 10.3 Å². The standard InChI is InChI=1S/C11H8Br2N2O2/c1-17-10(16)7-3-2-4-8(5-7)15-9(12)6-14-11(15)13/h2-6H,1H3. The van der Waals surface area contributed by atoms with E-state index in [-0.39, 0.29) is 5.97 Å². The van der Waals surface area contributed by atoms with Crippen molar-refractivity contribution in [2.45, 2.75) is 0 Å². The Morgan fingerprint density at radius 1 is 1.41 bits per heavy atom. The molecule has 17 heavy (non-hydrogen) atoms. The molecule has 6 heteroatoms. The lowest BCUT2D eigenvalue weighted by atomic mass is 10.2. The highest BCUT2D eigenvalue weighted by Crippen LogP contribution is 2.23. The van der Waals surface area contributed by atoms with Gasteiger partial charge in [-0.1, -0.05) is 6.07 Å². The highest BCUT2D eigenvalue weighted by molar-refractivity contribution is 9.11. The molecule has 0 saturated carbocycles. The Kier molecular flexibility index (Phi) is 3.63. The zero-order chi connectivity index (χ0) is 12.4. The molecule has 0 bridgehead atoms. The van der Waals surface area contributed by atoms with Gasteiger partial charge in [-0.3, -0.25) is 4.57 Å². The van der Waals surface area contributed by atoms with Crippen molar-refractivity contribution in [1.82, 2.24) is 9.55 Å². The summed E-state index contributed by atoms with van der Waals surface area (Å²) in [5.74, 6) is -0.362. The Morgan fingerprint density at radius 3 is 2.76 bits per heavy atom. The molecule has 88 valence electrons. The van der Waals surface area contributed by atoms with Gasteiger partial charge < -0.3 is 4.74 Å². The molecule has 0 aliphatic carbocycles. The van der Waals surface area contributed by atoms with Gasteiger partial charge in [0.25, 0.3) is 0 Å². The summed E-state index contributed by atoms with van der Waals surface area (Å²) in [6.45, 7) is 0. The summed E-state index contributed by atoms with van der Waals surface area (Å²) < 4.78 is 7.96. The van der Waals surface area contributed by atoms with E-state index in [2.05, 4.69) is 41.6 Å². The van der Waals surface area contributed by atoms with E-state index in [1.165, 1.54) is 7.11 Å². The summed E-state index contributed by atoms with van der Waals surface area (Å²) in [7, 11) is 1.36. The van der Waals surface area contributed by atoms with Gasteiger partial charge in [0.05, 0.1) is 18.9 Å². The molecule has 2 aromatic rings. The van der Waals surface area contributed by atoms with Crippen molar-refractivity contribution in [3.05, 3.63) is 45.4 Å². The van der Waals surface area contributed by atoms with Crippen LogP contribution in [0.15, 0.2) is 39.8 Å². The van der Waals surface area contributed by atoms with Crippen molar-refractivity contribution in [3.8, 4) is 5.69 Å². The molecule has 1 aromatic heterocycles. The smallest absolute Gasteiger partial charge is 0.337 e. The predicted molar refractivity (Wildman–Crippen MR) is 70.3 cm³/mol. The first-order chi connectivity index (χ1) is 8.13. The van der Waals surface area contributed by atoms with Gasteiger partial charge in [0.2, 0.25) is 0 Å². The third-order valence-corrected chi connectivity index (χ3v) is 3.32. The van der Waals surface area contributed by atoms with Gasteiger partial charge in [0.1, 0.15) is 4.60 Å². The van der Waals surface area contributed by atoms with Crippen LogP contribution in [0.3, 0.4) is 0 Å². The molecule has 0 unspecified atom stereocenters. The molecule has 0 fully saturated rings. The third kappa shape index (κ3) is 2.42. The SMILES string of the molecule is COC(=O)c1cccc(-n2c(Br)cnc2Br)c1. The summed E-state index contributed by atoms with van der Waals surface area (Å²) in [4.78, 5) is 15.5. The third-order valence-electron chi connectivity index (χ3n) is 2.20. The minimum Gasteiger partial charge on any atom is -0.465 e. The van der Waals surface area contributed by atoms with E-state index < -0.39 is 0 Å². The van der Waals surface area contributed by atoms with Crippen LogP contribution in [0.1, 0.15) is 10.4 Å². The summed E-state index contributed by atoms with van der Waals surface area (Å²) in [6.07, 6.45) is 1.68. The number of methoxy groups -OCH3 is 1. The minimum absolute atomic E-state index is 0.362. The van der Waals surface area contributed by atoms with Crippen molar-refractivity contribution in [2.24, 2.45) is 0 Å². The number of hydrogen-bond donors (Lipinski definition) is 0. The average molecular weight is 360 g/mol. The van der Waals surface area contributed by atoms with Gasteiger partial charge in [-0.2, -0.15) is 0 Å². The van der Waals surface area contributed by atoms with Crippen molar-refractivity contribution >= 4 is 37.8 Å². The van der Waals surface area contributed by atoms with Gasteiger partial charge in [0, 0.05) is 5.69 Å². The van der Waals surface area contributed by atoms with E-state index in [9.17, 15) is 4.79 Å². The fraction of sp³-hybridized carbons (Fsp3) is 0.0909. The van der Waals surface area contributed by atoms with Crippen LogP contribution in [0.4, 0.5) is 0 Å². The van der Waals surface area contributed by atoms with Crippen molar-refractivity contribution in [3.63, 3.8) is 0 Å². The predicted octanol–water partition coefficient (Wildman–Crippen LogP) is 3.18. The second kappa shape index (κ2) is 5.01. The molecule has 1 heterocycles. The summed E-state index contributed by atoms with van der Waals surface area (Å²) >= 11 is 6.72. The zero-order valence-corrected chi connectivity index (χ0v) is 12.0. The monoisotopic (exact) mass is 358 g/mol. The van der Waals surface area contributed by atoms with Gasteiger partial charge in [-0.15, -0.1) is 0 Å². The number of carbonyl (C=O) groups excluding carboxylic acids is 1. The number of ether oxygens (including phenoxy) is 1. The van der Waals surface area contributed by atoms with Crippen LogP contribution in [0, 0.1) is 0 Å². The maximum Gasteiger partial charge on any atom is 0.337 e. The Bertz CT molecular complexity index is 547. The first-order valence-corrected chi connectivity index (χ1v) is 6.29. The van der Waals surface area contributed by atoms with Gasteiger partial charge in [-0.25, -0.2) is 9.78 Å². The quantitative estimate of drug-likeness (QED) is 0.773. The second-order valence-electron chi connectivity index (χ2n) is 3.23. The first-order valence-electron chi connectivity index (χ1n) is 4.71. The van der Waals surface area contributed by atoms with E-state index in [1.54, 1.807) is 24.4 Å². The number of benzene rings is 1. The number of imidazole rings is 1. The van der Waals surface area contributed by atoms with Crippen molar-refractivity contribution in [2.75, 3.05) is 7.11 Å². The summed E-state index contributed by atoms with van der Waals surface area (Å²) in [5.41, 5.74) is 1.32. The first kappa shape index (κ1) is 12.3. The Hall–Kier alpha value is -1.14. The minimum atomic E-state index is -0.362. The molecule has 0 amide bonds. The molecular formula is C11H8Br2N2O2. The van der Waals surface area contributed by atoms with Crippen LogP contribution in [-0.2, 0) is 4.74 Å². The van der Waals surface area contributed by atoms with E-state index >= 15 is 0 Å². The zero-order valence-electron chi connectivity index (χ0n) is 8.85. The van der Waals surface area contributed by atoms with E-state index in [1.807, 2.05) is 10.6 Å². The molecule has 4 nitrogen and oxygen atoms in total. The highest BCUT2D eigenvalue weighted by atomic mass is 79.9. The lowest BCUT2D eigenvalue weighted by Gasteiger charge is -2.07. The van der Waals surface area contributed by atoms with Gasteiger partial charge >= 0.3 is 5.97 Å². The summed E-state index contributed by atoms with van der Waals surface area (Å²) in [6, 6.07) is 7.11. The molecule has 0 radical (unpaired) electrons. The Morgan fingerprint density at radius 2 is 2.18 bits per heavy atom. The number of hydrogen-bond acceptors (Lipinski definition) is 3. The second-order valence-corrected chi connectivity index (χ2v) is 4.75. The molecule has 0 aliphatic heterocycles. The van der Waals surface area contributed by atoms with Crippen molar-refractivity contribution in [1.29, 1.82) is 0 Å². The van der Waals surface area contributed by atoms with Crippen LogP contribution in [0.25, 0.3) is 5.69 Å². The Labute approximate surface area is 115 Å². The van der Waals surface area contributed by atoms with E-state index in [4.69, 9.17) is 0 Å². The van der Waals surface area contributed by atoms with E-state index in [0.29, 0.717) is 10.3 Å². The highest BCUT2D eigenvalue weighted by Gasteiger charge is 2.10.